The highest BCUT2D eigenvalue weighted by molar-refractivity contribution is 7.15. The first-order chi connectivity index (χ1) is 11.1. The molecule has 0 unspecified atom stereocenters. The van der Waals surface area contributed by atoms with Crippen molar-refractivity contribution in [3.63, 3.8) is 0 Å². The van der Waals surface area contributed by atoms with Crippen LogP contribution >= 0.6 is 11.3 Å². The molecule has 1 N–H and O–H groups in total. The van der Waals surface area contributed by atoms with Gasteiger partial charge in [0.1, 0.15) is 11.6 Å². The Bertz CT molecular complexity index is 806. The molecule has 0 spiro atoms. The molecule has 0 saturated carbocycles. The quantitative estimate of drug-likeness (QED) is 0.780. The summed E-state index contributed by atoms with van der Waals surface area (Å²) in [6, 6.07) is 12.1. The molecule has 0 atom stereocenters. The molecule has 0 fully saturated rings. The van der Waals surface area contributed by atoms with Gasteiger partial charge in [-0.3, -0.25) is 4.79 Å². The Balaban J connectivity index is 1.67. The van der Waals surface area contributed by atoms with Gasteiger partial charge in [0.15, 0.2) is 0 Å². The van der Waals surface area contributed by atoms with E-state index in [9.17, 15) is 4.79 Å². The number of nitrogens with zero attached hydrogens (tertiary/aromatic N) is 2. The molecule has 3 rings (SSSR count). The van der Waals surface area contributed by atoms with Gasteiger partial charge in [-0.1, -0.05) is 24.3 Å². The van der Waals surface area contributed by atoms with Gasteiger partial charge >= 0.3 is 0 Å². The largest absolute Gasteiger partial charge is 0.350 e. The number of hydrogen-bond donors (Lipinski definition) is 1. The van der Waals surface area contributed by atoms with Gasteiger partial charge in [0.2, 0.25) is 5.91 Å². The first kappa shape index (κ1) is 15.5. The lowest BCUT2D eigenvalue weighted by Gasteiger charge is -2.05. The van der Waals surface area contributed by atoms with Crippen molar-refractivity contribution in [2.45, 2.75) is 26.9 Å². The van der Waals surface area contributed by atoms with Gasteiger partial charge in [0.25, 0.3) is 0 Å². The predicted molar refractivity (Wildman–Crippen MR) is 93.3 cm³/mol. The molecule has 0 aliphatic heterocycles. The van der Waals surface area contributed by atoms with E-state index in [0.29, 0.717) is 13.1 Å². The predicted octanol–water partition coefficient (Wildman–Crippen LogP) is 3.54. The number of carbonyl (C=O) groups excluding carboxylic acids is 1. The fourth-order valence-electron chi connectivity index (χ4n) is 2.40. The Kier molecular flexibility index (Phi) is 4.57. The zero-order chi connectivity index (χ0) is 16.2. The molecular formula is C18H19N3OS. The van der Waals surface area contributed by atoms with Crippen molar-refractivity contribution in [2.24, 2.45) is 0 Å². The van der Waals surface area contributed by atoms with Crippen LogP contribution in [-0.2, 0) is 17.9 Å². The number of rotatable bonds is 5. The third-order valence-corrected chi connectivity index (χ3v) is 4.90. The third kappa shape index (κ3) is 3.68. The molecule has 0 bridgehead atoms. The minimum atomic E-state index is 0.00596. The van der Waals surface area contributed by atoms with Crippen LogP contribution in [0, 0.1) is 13.8 Å². The number of hydrogen-bond acceptors (Lipinski definition) is 3. The van der Waals surface area contributed by atoms with E-state index in [1.165, 1.54) is 5.56 Å². The van der Waals surface area contributed by atoms with Gasteiger partial charge in [0.05, 0.1) is 12.2 Å². The van der Waals surface area contributed by atoms with E-state index in [4.69, 9.17) is 0 Å². The standard InChI is InChI=1S/C18H19N3OS/c1-13-7-3-4-8-15(13)18-20-14(2)16(23-18)11-19-17(22)12-21-9-5-6-10-21/h3-10H,11-12H2,1-2H3,(H,19,22). The first-order valence-corrected chi connectivity index (χ1v) is 8.35. The summed E-state index contributed by atoms with van der Waals surface area (Å²) >= 11 is 1.64. The fraction of sp³-hybridized carbons (Fsp3) is 0.222. The zero-order valence-electron chi connectivity index (χ0n) is 13.2. The van der Waals surface area contributed by atoms with Crippen molar-refractivity contribution in [1.29, 1.82) is 0 Å². The SMILES string of the molecule is Cc1ccccc1-c1nc(C)c(CNC(=O)Cn2cccc2)s1. The van der Waals surface area contributed by atoms with Crippen LogP contribution < -0.4 is 5.32 Å². The van der Waals surface area contributed by atoms with Crippen molar-refractivity contribution in [3.05, 3.63) is 64.9 Å². The molecule has 2 heterocycles. The van der Waals surface area contributed by atoms with Crippen LogP contribution in [0.5, 0.6) is 0 Å². The number of aromatic nitrogens is 2. The van der Waals surface area contributed by atoms with Gasteiger partial charge in [-0.25, -0.2) is 4.98 Å². The van der Waals surface area contributed by atoms with E-state index >= 15 is 0 Å². The number of aryl methyl sites for hydroxylation is 2. The minimum absolute atomic E-state index is 0.00596. The summed E-state index contributed by atoms with van der Waals surface area (Å²) in [6.45, 7) is 4.95. The van der Waals surface area contributed by atoms with Crippen LogP contribution in [0.3, 0.4) is 0 Å². The Labute approximate surface area is 139 Å². The minimum Gasteiger partial charge on any atom is -0.350 e. The summed E-state index contributed by atoms with van der Waals surface area (Å²) in [5.41, 5.74) is 3.35. The summed E-state index contributed by atoms with van der Waals surface area (Å²) < 4.78 is 1.85. The fourth-order valence-corrected chi connectivity index (χ4v) is 3.49. The van der Waals surface area contributed by atoms with Gasteiger partial charge in [-0.15, -0.1) is 11.3 Å². The van der Waals surface area contributed by atoms with Crippen LogP contribution in [0.4, 0.5) is 0 Å². The number of amides is 1. The Hall–Kier alpha value is -2.40. The lowest BCUT2D eigenvalue weighted by atomic mass is 10.1. The summed E-state index contributed by atoms with van der Waals surface area (Å²) in [5, 5.41) is 3.98. The second-order valence-corrected chi connectivity index (χ2v) is 6.56. The third-order valence-electron chi connectivity index (χ3n) is 3.71. The van der Waals surface area contributed by atoms with E-state index < -0.39 is 0 Å². The molecule has 0 saturated heterocycles. The molecule has 2 aromatic heterocycles. The van der Waals surface area contributed by atoms with Gasteiger partial charge < -0.3 is 9.88 Å². The summed E-state index contributed by atoms with van der Waals surface area (Å²) in [6.07, 6.45) is 3.77. The van der Waals surface area contributed by atoms with Crippen LogP contribution in [0.2, 0.25) is 0 Å². The van der Waals surface area contributed by atoms with Gasteiger partial charge in [0, 0.05) is 22.8 Å². The maximum atomic E-state index is 12.0. The molecular weight excluding hydrogens is 306 g/mol. The molecule has 1 amide bonds. The molecule has 0 radical (unpaired) electrons. The van der Waals surface area contributed by atoms with Crippen LogP contribution in [0.1, 0.15) is 16.1 Å². The van der Waals surface area contributed by atoms with E-state index in [0.717, 1.165) is 21.1 Å². The van der Waals surface area contributed by atoms with Crippen LogP contribution in [0.15, 0.2) is 48.8 Å². The number of thiazole rings is 1. The lowest BCUT2D eigenvalue weighted by Crippen LogP contribution is -2.26. The molecule has 0 aliphatic carbocycles. The normalized spacial score (nSPS) is 10.7. The monoisotopic (exact) mass is 325 g/mol. The van der Waals surface area contributed by atoms with E-state index in [1.807, 2.05) is 48.1 Å². The highest BCUT2D eigenvalue weighted by Crippen LogP contribution is 2.29. The molecule has 3 aromatic rings. The average molecular weight is 325 g/mol. The lowest BCUT2D eigenvalue weighted by molar-refractivity contribution is -0.121. The Morgan fingerprint density at radius 3 is 2.65 bits per heavy atom. The number of nitrogens with one attached hydrogen (secondary N) is 1. The van der Waals surface area contributed by atoms with Gasteiger partial charge in [-0.05, 0) is 31.5 Å². The topological polar surface area (TPSA) is 46.9 Å². The second kappa shape index (κ2) is 6.79. The Morgan fingerprint density at radius 1 is 1.17 bits per heavy atom. The first-order valence-electron chi connectivity index (χ1n) is 7.53. The highest BCUT2D eigenvalue weighted by Gasteiger charge is 2.12. The van der Waals surface area contributed by atoms with Crippen molar-refractivity contribution in [1.82, 2.24) is 14.9 Å². The van der Waals surface area contributed by atoms with Crippen LogP contribution in [-0.4, -0.2) is 15.5 Å². The van der Waals surface area contributed by atoms with Crippen molar-refractivity contribution < 1.29 is 4.79 Å². The molecule has 23 heavy (non-hydrogen) atoms. The summed E-state index contributed by atoms with van der Waals surface area (Å²) in [7, 11) is 0. The zero-order valence-corrected chi connectivity index (χ0v) is 14.1. The smallest absolute Gasteiger partial charge is 0.240 e. The molecule has 0 aliphatic rings. The van der Waals surface area contributed by atoms with E-state index in [2.05, 4.69) is 29.4 Å². The van der Waals surface area contributed by atoms with Crippen molar-refractivity contribution >= 4 is 17.2 Å². The van der Waals surface area contributed by atoms with Crippen LogP contribution in [0.25, 0.3) is 10.6 Å². The van der Waals surface area contributed by atoms with Crippen molar-refractivity contribution in [2.75, 3.05) is 0 Å². The number of carbonyl (C=O) groups is 1. The number of benzene rings is 1. The molecule has 1 aromatic carbocycles. The van der Waals surface area contributed by atoms with Crippen molar-refractivity contribution in [3.8, 4) is 10.6 Å². The molecule has 5 heteroatoms. The molecule has 118 valence electrons. The maximum absolute atomic E-state index is 12.0. The van der Waals surface area contributed by atoms with Gasteiger partial charge in [-0.2, -0.15) is 0 Å². The summed E-state index contributed by atoms with van der Waals surface area (Å²) in [4.78, 5) is 17.7. The van der Waals surface area contributed by atoms with E-state index in [1.54, 1.807) is 11.3 Å². The average Bonchev–Trinajstić information content (AvgIpc) is 3.15. The highest BCUT2D eigenvalue weighted by atomic mass is 32.1. The maximum Gasteiger partial charge on any atom is 0.240 e. The Morgan fingerprint density at radius 2 is 1.91 bits per heavy atom. The van der Waals surface area contributed by atoms with E-state index in [-0.39, 0.29) is 5.91 Å². The molecule has 4 nitrogen and oxygen atoms in total. The summed E-state index contributed by atoms with van der Waals surface area (Å²) in [5.74, 6) is 0.00596. The second-order valence-electron chi connectivity index (χ2n) is 5.47.